The predicted octanol–water partition coefficient (Wildman–Crippen LogP) is 2.80. The third-order valence-electron chi connectivity index (χ3n) is 3.91. The van der Waals surface area contributed by atoms with E-state index in [2.05, 4.69) is 31.6 Å². The van der Waals surface area contributed by atoms with E-state index in [0.29, 0.717) is 12.6 Å². The van der Waals surface area contributed by atoms with Gasteiger partial charge in [0.15, 0.2) is 5.82 Å². The fourth-order valence-electron chi connectivity index (χ4n) is 2.86. The Morgan fingerprint density at radius 3 is 2.70 bits per heavy atom. The molecule has 20 heavy (non-hydrogen) atoms. The number of nitrogens with zero attached hydrogens (tertiary/aromatic N) is 4. The third kappa shape index (κ3) is 3.16. The zero-order valence-electron chi connectivity index (χ0n) is 11.3. The number of nitrogens with one attached hydrogen (secondary N) is 1. The van der Waals surface area contributed by atoms with Gasteiger partial charge in [0.05, 0.1) is 6.54 Å². The lowest BCUT2D eigenvalue weighted by Crippen LogP contribution is -2.32. The van der Waals surface area contributed by atoms with Crippen molar-refractivity contribution in [2.24, 2.45) is 0 Å². The number of hydrogen-bond acceptors (Lipinski definition) is 4. The second-order valence-electron chi connectivity index (χ2n) is 5.26. The Morgan fingerprint density at radius 2 is 2.00 bits per heavy atom. The van der Waals surface area contributed by atoms with Crippen molar-refractivity contribution in [3.8, 4) is 0 Å². The summed E-state index contributed by atoms with van der Waals surface area (Å²) in [5.74, 6) is 0.740. The lowest BCUT2D eigenvalue weighted by Gasteiger charge is -2.27. The number of aromatic amines is 1. The number of benzene rings is 1. The van der Waals surface area contributed by atoms with Crippen LogP contribution in [-0.2, 0) is 13.1 Å². The largest absolute Gasteiger partial charge is 0.289 e. The molecular formula is C14H18ClN5. The van der Waals surface area contributed by atoms with Gasteiger partial charge in [0.25, 0.3) is 0 Å². The van der Waals surface area contributed by atoms with Crippen LogP contribution in [0.15, 0.2) is 24.3 Å². The van der Waals surface area contributed by atoms with Crippen LogP contribution >= 0.6 is 11.6 Å². The quantitative estimate of drug-likeness (QED) is 0.920. The smallest absolute Gasteiger partial charge is 0.188 e. The number of halogens is 1. The molecule has 1 heterocycles. The molecule has 0 radical (unpaired) electrons. The maximum absolute atomic E-state index is 6.28. The molecule has 5 nitrogen and oxygen atoms in total. The van der Waals surface area contributed by atoms with Gasteiger partial charge in [-0.3, -0.25) is 4.90 Å². The molecule has 1 aliphatic rings. The topological polar surface area (TPSA) is 57.7 Å². The molecule has 0 amide bonds. The molecular weight excluding hydrogens is 274 g/mol. The molecule has 1 aromatic carbocycles. The average molecular weight is 292 g/mol. The first-order chi connectivity index (χ1) is 9.83. The van der Waals surface area contributed by atoms with E-state index in [4.69, 9.17) is 11.6 Å². The summed E-state index contributed by atoms with van der Waals surface area (Å²) in [6, 6.07) is 8.61. The summed E-state index contributed by atoms with van der Waals surface area (Å²) < 4.78 is 0. The first-order valence-corrected chi connectivity index (χ1v) is 7.40. The Morgan fingerprint density at radius 1 is 1.20 bits per heavy atom. The molecule has 1 saturated carbocycles. The molecule has 106 valence electrons. The van der Waals surface area contributed by atoms with E-state index in [-0.39, 0.29) is 0 Å². The molecule has 0 atom stereocenters. The van der Waals surface area contributed by atoms with E-state index in [9.17, 15) is 0 Å². The Bertz CT molecular complexity index is 536. The molecule has 0 unspecified atom stereocenters. The molecule has 1 N–H and O–H groups in total. The van der Waals surface area contributed by atoms with E-state index < -0.39 is 0 Å². The van der Waals surface area contributed by atoms with Crippen LogP contribution in [0, 0.1) is 0 Å². The molecule has 0 spiro atoms. The maximum Gasteiger partial charge on any atom is 0.188 e. The SMILES string of the molecule is Clc1ccccc1CN(Cc1nn[nH]n1)C1CCCC1. The van der Waals surface area contributed by atoms with Crippen LogP contribution in [0.25, 0.3) is 0 Å². The second kappa shape index (κ2) is 6.33. The summed E-state index contributed by atoms with van der Waals surface area (Å²) in [6.07, 6.45) is 5.08. The van der Waals surface area contributed by atoms with Crippen LogP contribution in [0.3, 0.4) is 0 Å². The molecule has 0 aliphatic heterocycles. The second-order valence-corrected chi connectivity index (χ2v) is 5.67. The van der Waals surface area contributed by atoms with E-state index in [1.807, 2.05) is 18.2 Å². The number of H-pyrrole nitrogens is 1. The first-order valence-electron chi connectivity index (χ1n) is 7.03. The van der Waals surface area contributed by atoms with Crippen LogP contribution in [0.5, 0.6) is 0 Å². The van der Waals surface area contributed by atoms with Gasteiger partial charge in [-0.2, -0.15) is 5.21 Å². The fraction of sp³-hybridized carbons (Fsp3) is 0.500. The van der Waals surface area contributed by atoms with Crippen LogP contribution in [0.1, 0.15) is 37.1 Å². The summed E-state index contributed by atoms with van der Waals surface area (Å²) in [5.41, 5.74) is 1.16. The van der Waals surface area contributed by atoms with Crippen molar-refractivity contribution in [1.82, 2.24) is 25.5 Å². The Kier molecular flexibility index (Phi) is 4.28. The molecule has 0 bridgehead atoms. The van der Waals surface area contributed by atoms with Gasteiger partial charge in [-0.15, -0.1) is 10.2 Å². The van der Waals surface area contributed by atoms with Crippen molar-refractivity contribution in [2.45, 2.75) is 44.8 Å². The summed E-state index contributed by atoms with van der Waals surface area (Å²) >= 11 is 6.28. The molecule has 1 aromatic heterocycles. The van der Waals surface area contributed by atoms with Crippen LogP contribution < -0.4 is 0 Å². The van der Waals surface area contributed by atoms with Gasteiger partial charge in [0.1, 0.15) is 0 Å². The standard InChI is InChI=1S/C14H18ClN5/c15-13-8-4-1-5-11(13)9-20(12-6-2-3-7-12)10-14-16-18-19-17-14/h1,4-5,8,12H,2-3,6-7,9-10H2,(H,16,17,18,19). The van der Waals surface area contributed by atoms with E-state index >= 15 is 0 Å². The minimum absolute atomic E-state index is 0.588. The molecule has 1 aliphatic carbocycles. The maximum atomic E-state index is 6.28. The van der Waals surface area contributed by atoms with Gasteiger partial charge in [0.2, 0.25) is 0 Å². The number of aromatic nitrogens is 4. The van der Waals surface area contributed by atoms with Gasteiger partial charge in [-0.1, -0.05) is 47.9 Å². The van der Waals surface area contributed by atoms with Crippen molar-refractivity contribution < 1.29 is 0 Å². The summed E-state index contributed by atoms with van der Waals surface area (Å²) in [6.45, 7) is 1.55. The molecule has 6 heteroatoms. The van der Waals surface area contributed by atoms with Crippen LogP contribution in [-0.4, -0.2) is 31.6 Å². The molecule has 2 aromatic rings. The summed E-state index contributed by atoms with van der Waals surface area (Å²) in [4.78, 5) is 2.42. The Hall–Kier alpha value is -1.46. The van der Waals surface area contributed by atoms with Gasteiger partial charge in [-0.05, 0) is 24.5 Å². The molecule has 1 fully saturated rings. The van der Waals surface area contributed by atoms with Gasteiger partial charge < -0.3 is 0 Å². The number of hydrogen-bond donors (Lipinski definition) is 1. The highest BCUT2D eigenvalue weighted by Crippen LogP contribution is 2.27. The lowest BCUT2D eigenvalue weighted by atomic mass is 10.1. The van der Waals surface area contributed by atoms with E-state index in [1.54, 1.807) is 0 Å². The fourth-order valence-corrected chi connectivity index (χ4v) is 3.06. The van der Waals surface area contributed by atoms with Crippen molar-refractivity contribution in [3.05, 3.63) is 40.7 Å². The van der Waals surface area contributed by atoms with Crippen LogP contribution in [0.4, 0.5) is 0 Å². The van der Waals surface area contributed by atoms with Crippen molar-refractivity contribution in [1.29, 1.82) is 0 Å². The van der Waals surface area contributed by atoms with Crippen molar-refractivity contribution in [2.75, 3.05) is 0 Å². The monoisotopic (exact) mass is 291 g/mol. The molecule has 3 rings (SSSR count). The molecule has 0 saturated heterocycles. The van der Waals surface area contributed by atoms with E-state index in [1.165, 1.54) is 25.7 Å². The predicted molar refractivity (Wildman–Crippen MR) is 77.1 cm³/mol. The highest BCUT2D eigenvalue weighted by Gasteiger charge is 2.24. The van der Waals surface area contributed by atoms with Gasteiger partial charge in [-0.25, -0.2) is 0 Å². The first kappa shape index (κ1) is 13.5. The lowest BCUT2D eigenvalue weighted by molar-refractivity contribution is 0.176. The zero-order valence-corrected chi connectivity index (χ0v) is 12.1. The summed E-state index contributed by atoms with van der Waals surface area (Å²) in [5, 5.41) is 15.1. The van der Waals surface area contributed by atoms with Gasteiger partial charge in [0, 0.05) is 17.6 Å². The number of rotatable bonds is 5. The van der Waals surface area contributed by atoms with Crippen LogP contribution in [0.2, 0.25) is 5.02 Å². The normalized spacial score (nSPS) is 16.1. The van der Waals surface area contributed by atoms with E-state index in [0.717, 1.165) is 23.0 Å². The number of tetrazole rings is 1. The average Bonchev–Trinajstić information content (AvgIpc) is 3.12. The highest BCUT2D eigenvalue weighted by atomic mass is 35.5. The van der Waals surface area contributed by atoms with Crippen molar-refractivity contribution >= 4 is 11.6 Å². The minimum atomic E-state index is 0.588. The highest BCUT2D eigenvalue weighted by molar-refractivity contribution is 6.31. The minimum Gasteiger partial charge on any atom is -0.289 e. The Balaban J connectivity index is 1.76. The third-order valence-corrected chi connectivity index (χ3v) is 4.27. The van der Waals surface area contributed by atoms with Crippen molar-refractivity contribution in [3.63, 3.8) is 0 Å². The summed E-state index contributed by atoms with van der Waals surface area (Å²) in [7, 11) is 0. The Labute approximate surface area is 123 Å². The zero-order chi connectivity index (χ0) is 13.8. The van der Waals surface area contributed by atoms with Gasteiger partial charge >= 0.3 is 0 Å².